The molecule has 0 atom stereocenters. The zero-order chi connectivity index (χ0) is 14.7. The number of ether oxygens (including phenoxy) is 1. The van der Waals surface area contributed by atoms with Crippen molar-refractivity contribution in [2.75, 3.05) is 6.61 Å². The molecule has 0 aliphatic rings. The molecule has 0 saturated carbocycles. The third-order valence-corrected chi connectivity index (χ3v) is 3.21. The molecule has 1 aromatic heterocycles. The Labute approximate surface area is 117 Å². The molecule has 1 aromatic carbocycles. The largest absolute Gasteiger partial charge is 0.491 e. The molecular weight excluding hydrogens is 256 g/mol. The average Bonchev–Trinajstić information content (AvgIpc) is 2.78. The third kappa shape index (κ3) is 2.99. The van der Waals surface area contributed by atoms with Gasteiger partial charge in [-0.2, -0.15) is 0 Å². The van der Waals surface area contributed by atoms with Gasteiger partial charge >= 0.3 is 5.97 Å². The minimum atomic E-state index is -0.920. The molecule has 20 heavy (non-hydrogen) atoms. The number of nitrogens with zero attached hydrogens (tertiary/aromatic N) is 2. The summed E-state index contributed by atoms with van der Waals surface area (Å²) in [7, 11) is 0. The minimum absolute atomic E-state index is 0.290. The lowest BCUT2D eigenvalue weighted by Crippen LogP contribution is -2.10. The molecule has 0 aliphatic carbocycles. The number of rotatable bonds is 5. The maximum absolute atomic E-state index is 11.0. The molecule has 1 N–H and O–H groups in total. The van der Waals surface area contributed by atoms with Gasteiger partial charge in [-0.3, -0.25) is 0 Å². The van der Waals surface area contributed by atoms with E-state index in [4.69, 9.17) is 9.84 Å². The van der Waals surface area contributed by atoms with Gasteiger partial charge in [0.2, 0.25) is 0 Å². The molecule has 106 valence electrons. The smallest absolute Gasteiger partial charge is 0.335 e. The standard InChI is InChI=1S/C15H18N2O3/c1-10-8-13(15(18)19)9-11(2)14(10)20-7-6-17-5-4-16-12(17)3/h4-5,8-9H,6-7H2,1-3H3,(H,18,19). The van der Waals surface area contributed by atoms with Crippen molar-refractivity contribution in [2.45, 2.75) is 27.3 Å². The summed E-state index contributed by atoms with van der Waals surface area (Å²) < 4.78 is 7.80. The van der Waals surface area contributed by atoms with Gasteiger partial charge in [-0.1, -0.05) is 0 Å². The second kappa shape index (κ2) is 5.77. The van der Waals surface area contributed by atoms with Gasteiger partial charge in [-0.25, -0.2) is 9.78 Å². The second-order valence-corrected chi connectivity index (χ2v) is 4.76. The number of carboxylic acids is 1. The number of carbonyl (C=O) groups is 1. The number of carboxylic acid groups (broad SMARTS) is 1. The van der Waals surface area contributed by atoms with Gasteiger partial charge in [0.1, 0.15) is 18.2 Å². The average molecular weight is 274 g/mol. The molecule has 2 aromatic rings. The summed E-state index contributed by atoms with van der Waals surface area (Å²) in [5.41, 5.74) is 1.97. The number of benzene rings is 1. The van der Waals surface area contributed by atoms with Crippen LogP contribution in [0.3, 0.4) is 0 Å². The van der Waals surface area contributed by atoms with Crippen molar-refractivity contribution in [2.24, 2.45) is 0 Å². The summed E-state index contributed by atoms with van der Waals surface area (Å²) in [5, 5.41) is 9.01. The number of hydrogen-bond donors (Lipinski definition) is 1. The highest BCUT2D eigenvalue weighted by atomic mass is 16.5. The fourth-order valence-corrected chi connectivity index (χ4v) is 2.19. The Hall–Kier alpha value is -2.30. The summed E-state index contributed by atoms with van der Waals surface area (Å²) in [6.45, 7) is 6.89. The molecule has 0 radical (unpaired) electrons. The first-order valence-electron chi connectivity index (χ1n) is 6.44. The Balaban J connectivity index is 2.06. The zero-order valence-corrected chi connectivity index (χ0v) is 11.9. The van der Waals surface area contributed by atoms with Gasteiger partial charge in [0.05, 0.1) is 12.1 Å². The monoisotopic (exact) mass is 274 g/mol. The van der Waals surface area contributed by atoms with Crippen LogP contribution in [0, 0.1) is 20.8 Å². The Kier molecular flexibility index (Phi) is 4.08. The van der Waals surface area contributed by atoms with Gasteiger partial charge in [0.25, 0.3) is 0 Å². The first-order valence-corrected chi connectivity index (χ1v) is 6.44. The molecule has 0 unspecified atom stereocenters. The summed E-state index contributed by atoms with van der Waals surface area (Å²) in [6.07, 6.45) is 3.67. The van der Waals surface area contributed by atoms with Gasteiger partial charge in [-0.15, -0.1) is 0 Å². The van der Waals surface area contributed by atoms with Crippen LogP contribution in [0.25, 0.3) is 0 Å². The van der Waals surface area contributed by atoms with Crippen LogP contribution < -0.4 is 4.74 Å². The van der Waals surface area contributed by atoms with Gasteiger partial charge in [0, 0.05) is 12.4 Å². The van der Waals surface area contributed by atoms with Crippen molar-refractivity contribution in [1.82, 2.24) is 9.55 Å². The van der Waals surface area contributed by atoms with E-state index >= 15 is 0 Å². The molecular formula is C15H18N2O3. The highest BCUT2D eigenvalue weighted by molar-refractivity contribution is 5.88. The van der Waals surface area contributed by atoms with Gasteiger partial charge < -0.3 is 14.4 Å². The number of imidazole rings is 1. The summed E-state index contributed by atoms with van der Waals surface area (Å²) >= 11 is 0. The topological polar surface area (TPSA) is 64.3 Å². The lowest BCUT2D eigenvalue weighted by molar-refractivity contribution is 0.0696. The Morgan fingerprint density at radius 2 is 1.95 bits per heavy atom. The van der Waals surface area contributed by atoms with E-state index in [1.165, 1.54) is 0 Å². The number of aromatic nitrogens is 2. The van der Waals surface area contributed by atoms with E-state index in [0.717, 1.165) is 22.7 Å². The molecule has 0 spiro atoms. The third-order valence-electron chi connectivity index (χ3n) is 3.21. The summed E-state index contributed by atoms with van der Waals surface area (Å²) in [5.74, 6) is 0.785. The first-order chi connectivity index (χ1) is 9.49. The number of aromatic carboxylic acids is 1. The van der Waals surface area contributed by atoms with Crippen molar-refractivity contribution in [3.63, 3.8) is 0 Å². The molecule has 1 heterocycles. The number of aryl methyl sites for hydroxylation is 3. The van der Waals surface area contributed by atoms with Crippen molar-refractivity contribution in [1.29, 1.82) is 0 Å². The quantitative estimate of drug-likeness (QED) is 0.910. The van der Waals surface area contributed by atoms with Gasteiger partial charge in [-0.05, 0) is 44.0 Å². The first kappa shape index (κ1) is 14.1. The van der Waals surface area contributed by atoms with E-state index in [2.05, 4.69) is 4.98 Å². The van der Waals surface area contributed by atoms with Crippen LogP contribution in [0.1, 0.15) is 27.3 Å². The second-order valence-electron chi connectivity index (χ2n) is 4.76. The van der Waals surface area contributed by atoms with E-state index in [-0.39, 0.29) is 5.56 Å². The predicted molar refractivity (Wildman–Crippen MR) is 75.3 cm³/mol. The van der Waals surface area contributed by atoms with Crippen LogP contribution in [0.4, 0.5) is 0 Å². The lowest BCUT2D eigenvalue weighted by atomic mass is 10.1. The molecule has 0 saturated heterocycles. The fourth-order valence-electron chi connectivity index (χ4n) is 2.19. The van der Waals surface area contributed by atoms with Crippen molar-refractivity contribution < 1.29 is 14.6 Å². The molecule has 0 aliphatic heterocycles. The van der Waals surface area contributed by atoms with Crippen LogP contribution in [-0.2, 0) is 6.54 Å². The molecule has 5 nitrogen and oxygen atoms in total. The van der Waals surface area contributed by atoms with Crippen molar-refractivity contribution in [3.8, 4) is 5.75 Å². The maximum Gasteiger partial charge on any atom is 0.335 e. The maximum atomic E-state index is 11.0. The van der Waals surface area contributed by atoms with E-state index < -0.39 is 5.97 Å². The SMILES string of the molecule is Cc1cc(C(=O)O)cc(C)c1OCCn1ccnc1C. The summed E-state index contributed by atoms with van der Waals surface area (Å²) in [4.78, 5) is 15.1. The van der Waals surface area contributed by atoms with Crippen LogP contribution >= 0.6 is 0 Å². The Morgan fingerprint density at radius 3 is 2.45 bits per heavy atom. The minimum Gasteiger partial charge on any atom is -0.491 e. The van der Waals surface area contributed by atoms with Crippen LogP contribution in [0.15, 0.2) is 24.5 Å². The molecule has 5 heteroatoms. The van der Waals surface area contributed by atoms with Gasteiger partial charge in [0.15, 0.2) is 0 Å². The van der Waals surface area contributed by atoms with Crippen molar-refractivity contribution >= 4 is 5.97 Å². The van der Waals surface area contributed by atoms with E-state index in [9.17, 15) is 4.79 Å². The molecule has 0 bridgehead atoms. The highest BCUT2D eigenvalue weighted by Gasteiger charge is 2.10. The number of hydrogen-bond acceptors (Lipinski definition) is 3. The van der Waals surface area contributed by atoms with E-state index in [0.29, 0.717) is 13.2 Å². The summed E-state index contributed by atoms with van der Waals surface area (Å²) in [6, 6.07) is 3.26. The predicted octanol–water partition coefficient (Wildman–Crippen LogP) is 2.59. The molecule has 0 fully saturated rings. The Bertz CT molecular complexity index is 609. The Morgan fingerprint density at radius 1 is 1.30 bits per heavy atom. The highest BCUT2D eigenvalue weighted by Crippen LogP contribution is 2.24. The molecule has 0 amide bonds. The lowest BCUT2D eigenvalue weighted by Gasteiger charge is -2.13. The van der Waals surface area contributed by atoms with E-state index in [1.54, 1.807) is 18.3 Å². The van der Waals surface area contributed by atoms with Crippen LogP contribution in [-0.4, -0.2) is 27.2 Å². The fraction of sp³-hybridized carbons (Fsp3) is 0.333. The normalized spacial score (nSPS) is 10.6. The van der Waals surface area contributed by atoms with Crippen LogP contribution in [0.5, 0.6) is 5.75 Å². The molecule has 2 rings (SSSR count). The van der Waals surface area contributed by atoms with Crippen molar-refractivity contribution in [3.05, 3.63) is 47.0 Å². The zero-order valence-electron chi connectivity index (χ0n) is 11.9. The van der Waals surface area contributed by atoms with Crippen LogP contribution in [0.2, 0.25) is 0 Å². The van der Waals surface area contributed by atoms with E-state index in [1.807, 2.05) is 31.5 Å².